The second-order valence-corrected chi connectivity index (χ2v) is 8.01. The molecule has 1 saturated carbocycles. The Morgan fingerprint density at radius 2 is 1.43 bits per heavy atom. The van der Waals surface area contributed by atoms with E-state index in [1.807, 2.05) is 0 Å². The number of hydrogen-bond donors (Lipinski definition) is 0. The molecule has 1 aromatic rings. The van der Waals surface area contributed by atoms with Crippen LogP contribution in [0.3, 0.4) is 0 Å². The minimum Gasteiger partial charge on any atom is -0.274 e. The van der Waals surface area contributed by atoms with Crippen molar-refractivity contribution in [3.63, 3.8) is 0 Å². The number of hydrogen-bond acceptors (Lipinski definition) is 4. The molecular formula is C14H14ClNO4S. The van der Waals surface area contributed by atoms with Gasteiger partial charge in [-0.25, -0.2) is 8.42 Å². The Balaban J connectivity index is 1.93. The first kappa shape index (κ1) is 14.5. The van der Waals surface area contributed by atoms with Gasteiger partial charge in [0.25, 0.3) is 9.05 Å². The second-order valence-electron chi connectivity index (χ2n) is 5.44. The number of carbonyl (C=O) groups is 2. The van der Waals surface area contributed by atoms with Crippen molar-refractivity contribution in [2.24, 2.45) is 11.8 Å². The van der Waals surface area contributed by atoms with Gasteiger partial charge in [0.05, 0.1) is 22.4 Å². The average Bonchev–Trinajstić information content (AvgIpc) is 2.71. The van der Waals surface area contributed by atoms with Crippen LogP contribution in [-0.2, 0) is 18.6 Å². The Kier molecular flexibility index (Phi) is 3.53. The molecule has 1 aromatic carbocycles. The topological polar surface area (TPSA) is 71.5 Å². The van der Waals surface area contributed by atoms with E-state index in [-0.39, 0.29) is 28.5 Å². The van der Waals surface area contributed by atoms with Gasteiger partial charge < -0.3 is 0 Å². The van der Waals surface area contributed by atoms with Gasteiger partial charge in [0, 0.05) is 10.7 Å². The first-order chi connectivity index (χ1) is 9.89. The Hall–Kier alpha value is -1.40. The van der Waals surface area contributed by atoms with Crippen LogP contribution in [0.2, 0.25) is 0 Å². The summed E-state index contributed by atoms with van der Waals surface area (Å²) in [7, 11) is 1.44. The van der Waals surface area contributed by atoms with Gasteiger partial charge in [0.2, 0.25) is 11.8 Å². The molecule has 1 aliphatic heterocycles. The quantitative estimate of drug-likeness (QED) is 0.617. The molecule has 0 radical (unpaired) electrons. The number of amides is 2. The van der Waals surface area contributed by atoms with Gasteiger partial charge in [-0.2, -0.15) is 0 Å². The van der Waals surface area contributed by atoms with Crippen LogP contribution in [0.1, 0.15) is 25.7 Å². The summed E-state index contributed by atoms with van der Waals surface area (Å²) in [6.07, 6.45) is 3.44. The summed E-state index contributed by atoms with van der Waals surface area (Å²) in [6.45, 7) is 0. The van der Waals surface area contributed by atoms with E-state index >= 15 is 0 Å². The maximum absolute atomic E-state index is 12.4. The van der Waals surface area contributed by atoms with E-state index < -0.39 is 9.05 Å². The molecule has 2 amide bonds. The monoisotopic (exact) mass is 327 g/mol. The van der Waals surface area contributed by atoms with Crippen molar-refractivity contribution < 1.29 is 18.0 Å². The Morgan fingerprint density at radius 3 is 1.86 bits per heavy atom. The minimum absolute atomic E-state index is 0.0515. The minimum atomic E-state index is -3.81. The molecule has 3 rings (SSSR count). The van der Waals surface area contributed by atoms with Crippen LogP contribution in [0.5, 0.6) is 0 Å². The third-order valence-electron chi connectivity index (χ3n) is 4.22. The maximum atomic E-state index is 12.4. The first-order valence-electron chi connectivity index (χ1n) is 6.82. The lowest BCUT2D eigenvalue weighted by Crippen LogP contribution is -2.30. The molecular weight excluding hydrogens is 314 g/mol. The van der Waals surface area contributed by atoms with Crippen LogP contribution in [-0.4, -0.2) is 20.2 Å². The van der Waals surface area contributed by atoms with Gasteiger partial charge in [0.1, 0.15) is 0 Å². The highest BCUT2D eigenvalue weighted by atomic mass is 35.7. The first-order valence-corrected chi connectivity index (χ1v) is 9.13. The molecule has 2 atom stereocenters. The van der Waals surface area contributed by atoms with Crippen molar-refractivity contribution in [2.75, 3.05) is 4.90 Å². The van der Waals surface area contributed by atoms with Crippen molar-refractivity contribution in [3.05, 3.63) is 24.3 Å². The third kappa shape index (κ3) is 2.46. The zero-order chi connectivity index (χ0) is 15.2. The Labute approximate surface area is 127 Å². The summed E-state index contributed by atoms with van der Waals surface area (Å²) in [6, 6.07) is 5.51. The van der Waals surface area contributed by atoms with Gasteiger partial charge in [-0.15, -0.1) is 0 Å². The van der Waals surface area contributed by atoms with Crippen molar-refractivity contribution in [1.29, 1.82) is 0 Å². The number of carbonyl (C=O) groups excluding carboxylic acids is 2. The van der Waals surface area contributed by atoms with Gasteiger partial charge in [-0.1, -0.05) is 12.8 Å². The molecule has 0 spiro atoms. The number of halogens is 1. The van der Waals surface area contributed by atoms with E-state index in [4.69, 9.17) is 10.7 Å². The van der Waals surface area contributed by atoms with E-state index in [9.17, 15) is 18.0 Å². The highest BCUT2D eigenvalue weighted by molar-refractivity contribution is 8.13. The van der Waals surface area contributed by atoms with Crippen molar-refractivity contribution in [1.82, 2.24) is 0 Å². The normalized spacial score (nSPS) is 26.0. The fourth-order valence-electron chi connectivity index (χ4n) is 3.17. The van der Waals surface area contributed by atoms with Gasteiger partial charge in [-0.05, 0) is 37.1 Å². The standard InChI is InChI=1S/C14H14ClNO4S/c15-21(19,20)10-7-5-9(6-8-10)16-13(17)11-3-1-2-4-12(11)14(16)18/h5-8,11-12H,1-4H2. The molecule has 0 N–H and O–H groups in total. The number of nitrogens with zero attached hydrogens (tertiary/aromatic N) is 1. The fourth-order valence-corrected chi connectivity index (χ4v) is 3.94. The fraction of sp³-hybridized carbons (Fsp3) is 0.429. The van der Waals surface area contributed by atoms with Gasteiger partial charge in [-0.3, -0.25) is 14.5 Å². The predicted molar refractivity (Wildman–Crippen MR) is 77.4 cm³/mol. The molecule has 5 nitrogen and oxygen atoms in total. The Morgan fingerprint density at radius 1 is 0.952 bits per heavy atom. The molecule has 112 valence electrons. The lowest BCUT2D eigenvalue weighted by Gasteiger charge is -2.19. The molecule has 1 saturated heterocycles. The van der Waals surface area contributed by atoms with Crippen LogP contribution in [0, 0.1) is 11.8 Å². The highest BCUT2D eigenvalue weighted by Gasteiger charge is 2.48. The summed E-state index contributed by atoms with van der Waals surface area (Å²) < 4.78 is 22.4. The van der Waals surface area contributed by atoms with E-state index in [2.05, 4.69) is 0 Å². The number of imide groups is 1. The van der Waals surface area contributed by atoms with Crippen molar-refractivity contribution >= 4 is 37.2 Å². The summed E-state index contributed by atoms with van der Waals surface area (Å²) in [5, 5.41) is 0. The largest absolute Gasteiger partial charge is 0.274 e. The second kappa shape index (κ2) is 5.10. The van der Waals surface area contributed by atoms with Crippen LogP contribution in [0.15, 0.2) is 29.2 Å². The molecule has 2 aliphatic rings. The number of anilines is 1. The van der Waals surface area contributed by atoms with E-state index in [1.165, 1.54) is 29.2 Å². The van der Waals surface area contributed by atoms with Crippen LogP contribution >= 0.6 is 10.7 Å². The van der Waals surface area contributed by atoms with Crippen LogP contribution in [0.25, 0.3) is 0 Å². The third-order valence-corrected chi connectivity index (χ3v) is 5.59. The van der Waals surface area contributed by atoms with E-state index in [1.54, 1.807) is 0 Å². The van der Waals surface area contributed by atoms with Crippen molar-refractivity contribution in [3.8, 4) is 0 Å². The van der Waals surface area contributed by atoms with Crippen LogP contribution in [0.4, 0.5) is 5.69 Å². The number of rotatable bonds is 2. The number of benzene rings is 1. The predicted octanol–water partition coefficient (Wildman–Crippen LogP) is 2.29. The van der Waals surface area contributed by atoms with Gasteiger partial charge in [0.15, 0.2) is 0 Å². The Bertz CT molecular complexity index is 674. The molecule has 2 unspecified atom stereocenters. The molecule has 0 bridgehead atoms. The summed E-state index contributed by atoms with van der Waals surface area (Å²) in [4.78, 5) is 25.9. The smallest absolute Gasteiger partial charge is 0.261 e. The van der Waals surface area contributed by atoms with Gasteiger partial charge >= 0.3 is 0 Å². The maximum Gasteiger partial charge on any atom is 0.261 e. The molecule has 7 heteroatoms. The van der Waals surface area contributed by atoms with E-state index in [0.717, 1.165) is 25.7 Å². The summed E-state index contributed by atoms with van der Waals surface area (Å²) in [5.41, 5.74) is 0.406. The van der Waals surface area contributed by atoms with Crippen molar-refractivity contribution in [2.45, 2.75) is 30.6 Å². The molecule has 2 fully saturated rings. The van der Waals surface area contributed by atoms with E-state index in [0.29, 0.717) is 5.69 Å². The molecule has 21 heavy (non-hydrogen) atoms. The van der Waals surface area contributed by atoms with Crippen LogP contribution < -0.4 is 4.90 Å². The molecule has 1 heterocycles. The molecule has 1 aliphatic carbocycles. The lowest BCUT2D eigenvalue weighted by molar-refractivity contribution is -0.122. The lowest BCUT2D eigenvalue weighted by atomic mass is 9.81. The summed E-state index contributed by atoms with van der Waals surface area (Å²) in [5.74, 6) is -0.789. The molecule has 0 aromatic heterocycles. The highest BCUT2D eigenvalue weighted by Crippen LogP contribution is 2.40. The summed E-state index contributed by atoms with van der Waals surface area (Å²) >= 11 is 0. The zero-order valence-corrected chi connectivity index (χ0v) is 12.7. The average molecular weight is 328 g/mol. The SMILES string of the molecule is O=C1C2CCCCC2C(=O)N1c1ccc(S(=O)(=O)Cl)cc1. The zero-order valence-electron chi connectivity index (χ0n) is 11.2. The number of fused-ring (bicyclic) bond motifs is 1.